The number of benzene rings is 2. The van der Waals surface area contributed by atoms with Crippen LogP contribution in [0.4, 0.5) is 0 Å². The van der Waals surface area contributed by atoms with E-state index >= 15 is 0 Å². The van der Waals surface area contributed by atoms with Crippen LogP contribution in [-0.4, -0.2) is 42.3 Å². The fraction of sp³-hybridized carbons (Fsp3) is 0.250. The van der Waals surface area contributed by atoms with E-state index in [1.807, 2.05) is 12.1 Å². The highest BCUT2D eigenvalue weighted by atomic mass is 79.9. The summed E-state index contributed by atoms with van der Waals surface area (Å²) < 4.78 is 6.34. The summed E-state index contributed by atoms with van der Waals surface area (Å²) in [5, 5.41) is 2.77. The lowest BCUT2D eigenvalue weighted by Crippen LogP contribution is -2.32. The highest BCUT2D eigenvalue weighted by Gasteiger charge is 2.34. The largest absolute Gasteiger partial charge is 0.484 e. The molecular weight excluding hydrogens is 412 g/mol. The van der Waals surface area contributed by atoms with Gasteiger partial charge in [-0.2, -0.15) is 0 Å². The number of nitrogens with zero attached hydrogens (tertiary/aromatic N) is 1. The molecule has 140 valence electrons. The first-order valence-electron chi connectivity index (χ1n) is 8.66. The molecule has 0 fully saturated rings. The van der Waals surface area contributed by atoms with Crippen LogP contribution in [0.15, 0.2) is 53.0 Å². The smallest absolute Gasteiger partial charge is 0.261 e. The molecular formula is C20H19BrN2O4. The van der Waals surface area contributed by atoms with Crippen molar-refractivity contribution in [3.05, 3.63) is 64.1 Å². The van der Waals surface area contributed by atoms with Gasteiger partial charge in [0.25, 0.3) is 17.7 Å². The van der Waals surface area contributed by atoms with Gasteiger partial charge in [-0.1, -0.05) is 28.1 Å². The van der Waals surface area contributed by atoms with Gasteiger partial charge in [-0.3, -0.25) is 19.3 Å². The number of hydrogen-bond acceptors (Lipinski definition) is 4. The zero-order chi connectivity index (χ0) is 19.2. The van der Waals surface area contributed by atoms with Crippen LogP contribution in [-0.2, 0) is 4.79 Å². The molecule has 0 spiro atoms. The third-order valence-electron chi connectivity index (χ3n) is 4.19. The Hall–Kier alpha value is -2.67. The van der Waals surface area contributed by atoms with Crippen molar-refractivity contribution < 1.29 is 19.1 Å². The SMILES string of the molecule is O=C(COc1ccc(Br)cc1)NCCCCN1C(=O)c2ccccc2C1=O. The predicted octanol–water partition coefficient (Wildman–Crippen LogP) is 3.02. The van der Waals surface area contributed by atoms with Gasteiger partial charge < -0.3 is 10.1 Å². The van der Waals surface area contributed by atoms with Crippen molar-refractivity contribution in [3.63, 3.8) is 0 Å². The number of carbonyl (C=O) groups is 3. The van der Waals surface area contributed by atoms with Gasteiger partial charge in [-0.25, -0.2) is 0 Å². The number of hydrogen-bond donors (Lipinski definition) is 1. The first kappa shape index (κ1) is 19.1. The Morgan fingerprint density at radius 2 is 1.59 bits per heavy atom. The highest BCUT2D eigenvalue weighted by molar-refractivity contribution is 9.10. The van der Waals surface area contributed by atoms with E-state index in [2.05, 4.69) is 21.2 Å². The second kappa shape index (κ2) is 8.81. The predicted molar refractivity (Wildman–Crippen MR) is 104 cm³/mol. The summed E-state index contributed by atoms with van der Waals surface area (Å²) in [7, 11) is 0. The van der Waals surface area contributed by atoms with Crippen molar-refractivity contribution >= 4 is 33.7 Å². The molecule has 1 N–H and O–H groups in total. The second-order valence-electron chi connectivity index (χ2n) is 6.11. The number of imide groups is 1. The van der Waals surface area contributed by atoms with E-state index in [0.717, 1.165) is 4.47 Å². The molecule has 27 heavy (non-hydrogen) atoms. The summed E-state index contributed by atoms with van der Waals surface area (Å²) in [5.74, 6) is -0.0808. The molecule has 0 bridgehead atoms. The molecule has 0 atom stereocenters. The van der Waals surface area contributed by atoms with E-state index in [0.29, 0.717) is 42.8 Å². The van der Waals surface area contributed by atoms with E-state index in [4.69, 9.17) is 4.74 Å². The number of nitrogens with one attached hydrogen (secondary N) is 1. The zero-order valence-electron chi connectivity index (χ0n) is 14.6. The van der Waals surface area contributed by atoms with Crippen LogP contribution in [0.25, 0.3) is 0 Å². The maximum atomic E-state index is 12.2. The number of fused-ring (bicyclic) bond motifs is 1. The topological polar surface area (TPSA) is 75.7 Å². The lowest BCUT2D eigenvalue weighted by molar-refractivity contribution is -0.123. The van der Waals surface area contributed by atoms with E-state index in [-0.39, 0.29) is 24.3 Å². The number of rotatable bonds is 8. The summed E-state index contributed by atoms with van der Waals surface area (Å²) in [6.45, 7) is 0.753. The number of amides is 3. The summed E-state index contributed by atoms with van der Waals surface area (Å²) in [6.07, 6.45) is 1.29. The highest BCUT2D eigenvalue weighted by Crippen LogP contribution is 2.22. The Morgan fingerprint density at radius 1 is 0.963 bits per heavy atom. The molecule has 0 radical (unpaired) electrons. The summed E-state index contributed by atoms with van der Waals surface area (Å²) in [6, 6.07) is 14.1. The molecule has 3 amide bonds. The van der Waals surface area contributed by atoms with Gasteiger partial charge in [0.2, 0.25) is 0 Å². The van der Waals surface area contributed by atoms with E-state index in [1.54, 1.807) is 36.4 Å². The lowest BCUT2D eigenvalue weighted by atomic mass is 10.1. The summed E-state index contributed by atoms with van der Waals surface area (Å²) >= 11 is 3.33. The van der Waals surface area contributed by atoms with Crippen molar-refractivity contribution in [2.45, 2.75) is 12.8 Å². The second-order valence-corrected chi connectivity index (χ2v) is 7.02. The molecule has 3 rings (SSSR count). The van der Waals surface area contributed by atoms with Crippen molar-refractivity contribution in [1.29, 1.82) is 0 Å². The number of unbranched alkanes of at least 4 members (excludes halogenated alkanes) is 1. The minimum atomic E-state index is -0.248. The average Bonchev–Trinajstić information content (AvgIpc) is 2.92. The third-order valence-corrected chi connectivity index (χ3v) is 4.72. The normalized spacial score (nSPS) is 12.9. The quantitative estimate of drug-likeness (QED) is 0.515. The minimum Gasteiger partial charge on any atom is -0.484 e. The Labute approximate surface area is 165 Å². The van der Waals surface area contributed by atoms with Crippen LogP contribution < -0.4 is 10.1 Å². The monoisotopic (exact) mass is 430 g/mol. The van der Waals surface area contributed by atoms with Crippen molar-refractivity contribution in [3.8, 4) is 5.75 Å². The molecule has 0 saturated heterocycles. The fourth-order valence-electron chi connectivity index (χ4n) is 2.80. The third kappa shape index (κ3) is 4.74. The Kier molecular flexibility index (Phi) is 6.24. The number of carbonyl (C=O) groups excluding carboxylic acids is 3. The summed E-state index contributed by atoms with van der Waals surface area (Å²) in [4.78, 5) is 37.5. The number of halogens is 1. The molecule has 6 nitrogen and oxygen atoms in total. The number of ether oxygens (including phenoxy) is 1. The minimum absolute atomic E-state index is 0.0555. The van der Waals surface area contributed by atoms with Gasteiger partial charge >= 0.3 is 0 Å². The molecule has 0 aromatic heterocycles. The van der Waals surface area contributed by atoms with Crippen molar-refractivity contribution in [2.24, 2.45) is 0 Å². The molecule has 0 unspecified atom stereocenters. The van der Waals surface area contributed by atoms with Crippen molar-refractivity contribution in [2.75, 3.05) is 19.7 Å². The van der Waals surface area contributed by atoms with Gasteiger partial charge in [0.05, 0.1) is 11.1 Å². The van der Waals surface area contributed by atoms with Crippen molar-refractivity contribution in [1.82, 2.24) is 10.2 Å². The molecule has 0 aliphatic carbocycles. The van der Waals surface area contributed by atoms with Crippen LogP contribution in [0.2, 0.25) is 0 Å². The van der Waals surface area contributed by atoms with Gasteiger partial charge in [0.1, 0.15) is 5.75 Å². The molecule has 2 aromatic rings. The maximum Gasteiger partial charge on any atom is 0.261 e. The zero-order valence-corrected chi connectivity index (χ0v) is 16.2. The first-order chi connectivity index (χ1) is 13.1. The molecule has 1 heterocycles. The average molecular weight is 431 g/mol. The molecule has 1 aliphatic rings. The molecule has 2 aromatic carbocycles. The summed E-state index contributed by atoms with van der Waals surface area (Å²) in [5.41, 5.74) is 0.918. The first-order valence-corrected chi connectivity index (χ1v) is 9.46. The maximum absolute atomic E-state index is 12.2. The Bertz CT molecular complexity index is 816. The molecule has 7 heteroatoms. The van der Waals surface area contributed by atoms with Crippen LogP contribution in [0.5, 0.6) is 5.75 Å². The van der Waals surface area contributed by atoms with Gasteiger partial charge in [0, 0.05) is 17.6 Å². The Morgan fingerprint density at radius 3 is 2.22 bits per heavy atom. The lowest BCUT2D eigenvalue weighted by Gasteiger charge is -2.13. The van der Waals surface area contributed by atoms with Gasteiger partial charge in [0.15, 0.2) is 6.61 Å². The standard InChI is InChI=1S/C20H19BrN2O4/c21-14-7-9-15(10-8-14)27-13-18(24)22-11-3-4-12-23-19(25)16-5-1-2-6-17(16)20(23)26/h1-2,5-10H,3-4,11-13H2,(H,22,24). The van der Waals surface area contributed by atoms with Gasteiger partial charge in [-0.15, -0.1) is 0 Å². The molecule has 1 aliphatic heterocycles. The van der Waals surface area contributed by atoms with Crippen LogP contribution in [0.3, 0.4) is 0 Å². The van der Waals surface area contributed by atoms with E-state index < -0.39 is 0 Å². The van der Waals surface area contributed by atoms with Gasteiger partial charge in [-0.05, 0) is 49.2 Å². The van der Waals surface area contributed by atoms with Crippen LogP contribution >= 0.6 is 15.9 Å². The van der Waals surface area contributed by atoms with E-state index in [1.165, 1.54) is 4.90 Å². The molecule has 0 saturated carbocycles. The Balaban J connectivity index is 1.34. The fourth-order valence-corrected chi connectivity index (χ4v) is 3.06. The van der Waals surface area contributed by atoms with Crippen LogP contribution in [0, 0.1) is 0 Å². The van der Waals surface area contributed by atoms with E-state index in [9.17, 15) is 14.4 Å². The van der Waals surface area contributed by atoms with Crippen LogP contribution in [0.1, 0.15) is 33.6 Å².